The maximum Gasteiger partial charge on any atom is 0.315 e. The van der Waals surface area contributed by atoms with Gasteiger partial charge in [0.2, 0.25) is 0 Å². The fourth-order valence-electron chi connectivity index (χ4n) is 2.75. The molecule has 0 aromatic carbocycles. The maximum atomic E-state index is 11.6. The van der Waals surface area contributed by atoms with Gasteiger partial charge in [-0.1, -0.05) is 20.3 Å². The molecule has 2 aliphatic carbocycles. The molecule has 0 spiro atoms. The third-order valence-corrected chi connectivity index (χ3v) is 4.32. The number of rotatable bonds is 4. The van der Waals surface area contributed by atoms with Crippen molar-refractivity contribution >= 4 is 12.0 Å². The predicted octanol–water partition coefficient (Wildman–Crippen LogP) is 1.59. The van der Waals surface area contributed by atoms with Gasteiger partial charge in [0.05, 0.1) is 5.92 Å². The second-order valence-corrected chi connectivity index (χ2v) is 6.24. The number of nitrogens with one attached hydrogen (secondary N) is 2. The molecule has 5 nitrogen and oxygen atoms in total. The molecule has 102 valence electrons. The lowest BCUT2D eigenvalue weighted by Gasteiger charge is -2.17. The number of carbonyl (C=O) groups excluding carboxylic acids is 1. The van der Waals surface area contributed by atoms with Crippen LogP contribution in [0.15, 0.2) is 0 Å². The van der Waals surface area contributed by atoms with E-state index in [1.807, 2.05) is 0 Å². The lowest BCUT2D eigenvalue weighted by atomic mass is 9.96. The van der Waals surface area contributed by atoms with Gasteiger partial charge in [-0.05, 0) is 30.6 Å². The van der Waals surface area contributed by atoms with E-state index in [1.165, 1.54) is 0 Å². The van der Waals surface area contributed by atoms with Gasteiger partial charge in [0.15, 0.2) is 0 Å². The quantitative estimate of drug-likeness (QED) is 0.712. The van der Waals surface area contributed by atoms with Crippen LogP contribution in [0.4, 0.5) is 4.79 Å². The molecule has 5 heteroatoms. The molecule has 2 aliphatic rings. The Morgan fingerprint density at radius 3 is 2.56 bits per heavy atom. The van der Waals surface area contributed by atoms with Crippen molar-refractivity contribution in [3.8, 4) is 0 Å². The molecular weight excluding hydrogens is 232 g/mol. The highest BCUT2D eigenvalue weighted by Gasteiger charge is 2.46. The molecule has 0 radical (unpaired) electrons. The van der Waals surface area contributed by atoms with Gasteiger partial charge in [-0.25, -0.2) is 4.79 Å². The molecule has 3 N–H and O–H groups in total. The van der Waals surface area contributed by atoms with Crippen LogP contribution in [-0.4, -0.2) is 29.7 Å². The van der Waals surface area contributed by atoms with E-state index in [4.69, 9.17) is 5.11 Å². The minimum Gasteiger partial charge on any atom is -0.481 e. The van der Waals surface area contributed by atoms with Gasteiger partial charge < -0.3 is 15.7 Å². The first-order valence-electron chi connectivity index (χ1n) is 6.67. The molecule has 18 heavy (non-hydrogen) atoms. The Balaban J connectivity index is 1.71. The third-order valence-electron chi connectivity index (χ3n) is 4.32. The molecule has 0 bridgehead atoms. The molecule has 2 fully saturated rings. The molecular formula is C13H22N2O3. The second kappa shape index (κ2) is 4.78. The molecule has 2 saturated carbocycles. The van der Waals surface area contributed by atoms with Crippen molar-refractivity contribution in [2.75, 3.05) is 6.54 Å². The predicted molar refractivity (Wildman–Crippen MR) is 67.2 cm³/mol. The smallest absolute Gasteiger partial charge is 0.315 e. The van der Waals surface area contributed by atoms with Gasteiger partial charge in [0.25, 0.3) is 0 Å². The summed E-state index contributed by atoms with van der Waals surface area (Å²) in [5, 5.41) is 14.8. The maximum absolute atomic E-state index is 11.6. The fourth-order valence-corrected chi connectivity index (χ4v) is 2.75. The zero-order valence-electron chi connectivity index (χ0n) is 11.0. The fraction of sp³-hybridized carbons (Fsp3) is 0.846. The van der Waals surface area contributed by atoms with Crippen molar-refractivity contribution in [3.05, 3.63) is 0 Å². The summed E-state index contributed by atoms with van der Waals surface area (Å²) < 4.78 is 0. The van der Waals surface area contributed by atoms with E-state index in [-0.39, 0.29) is 29.3 Å². The van der Waals surface area contributed by atoms with Crippen molar-refractivity contribution in [2.24, 2.45) is 17.3 Å². The Bertz CT molecular complexity index is 354. The van der Waals surface area contributed by atoms with E-state index in [2.05, 4.69) is 24.5 Å². The highest BCUT2D eigenvalue weighted by Crippen LogP contribution is 2.44. The number of carbonyl (C=O) groups is 2. The summed E-state index contributed by atoms with van der Waals surface area (Å²) in [5.74, 6) is -0.939. The standard InChI is InChI=1S/C13H22N2O3/c1-13(2)6-10(13)15-12(18)14-7-8-4-3-5-9(8)11(16)17/h8-10H,3-7H2,1-2H3,(H,16,17)(H2,14,15,18). The molecule has 0 saturated heterocycles. The van der Waals surface area contributed by atoms with Gasteiger partial charge in [-0.15, -0.1) is 0 Å². The van der Waals surface area contributed by atoms with Crippen LogP contribution >= 0.6 is 0 Å². The highest BCUT2D eigenvalue weighted by atomic mass is 16.4. The van der Waals surface area contributed by atoms with Gasteiger partial charge in [-0.2, -0.15) is 0 Å². The Morgan fingerprint density at radius 2 is 2.00 bits per heavy atom. The first kappa shape index (κ1) is 13.2. The Kier molecular flexibility index (Phi) is 3.50. The molecule has 3 unspecified atom stereocenters. The normalized spacial score (nSPS) is 32.9. The summed E-state index contributed by atoms with van der Waals surface area (Å²) >= 11 is 0. The number of amides is 2. The summed E-state index contributed by atoms with van der Waals surface area (Å²) in [7, 11) is 0. The van der Waals surface area contributed by atoms with Crippen LogP contribution in [0, 0.1) is 17.3 Å². The van der Waals surface area contributed by atoms with Crippen LogP contribution in [0.2, 0.25) is 0 Å². The number of hydrogen-bond donors (Lipinski definition) is 3. The van der Waals surface area contributed by atoms with E-state index in [0.717, 1.165) is 25.7 Å². The zero-order chi connectivity index (χ0) is 13.3. The van der Waals surface area contributed by atoms with Crippen molar-refractivity contribution in [1.82, 2.24) is 10.6 Å². The van der Waals surface area contributed by atoms with Gasteiger partial charge in [0.1, 0.15) is 0 Å². The number of hydrogen-bond acceptors (Lipinski definition) is 2. The third kappa shape index (κ3) is 2.94. The largest absolute Gasteiger partial charge is 0.481 e. The van der Waals surface area contributed by atoms with Crippen LogP contribution in [0.25, 0.3) is 0 Å². The van der Waals surface area contributed by atoms with Crippen molar-refractivity contribution < 1.29 is 14.7 Å². The average Bonchev–Trinajstić information content (AvgIpc) is 2.73. The second-order valence-electron chi connectivity index (χ2n) is 6.24. The van der Waals surface area contributed by atoms with Crippen LogP contribution in [-0.2, 0) is 4.79 Å². The average molecular weight is 254 g/mol. The zero-order valence-corrected chi connectivity index (χ0v) is 11.0. The lowest BCUT2D eigenvalue weighted by Crippen LogP contribution is -2.41. The van der Waals surface area contributed by atoms with Crippen molar-refractivity contribution in [3.63, 3.8) is 0 Å². The molecule has 2 amide bonds. The topological polar surface area (TPSA) is 78.4 Å². The van der Waals surface area contributed by atoms with E-state index < -0.39 is 5.97 Å². The van der Waals surface area contributed by atoms with E-state index >= 15 is 0 Å². The highest BCUT2D eigenvalue weighted by molar-refractivity contribution is 5.75. The number of urea groups is 1. The minimum atomic E-state index is -0.733. The summed E-state index contributed by atoms with van der Waals surface area (Å²) in [5.41, 5.74) is 0.217. The van der Waals surface area contributed by atoms with E-state index in [1.54, 1.807) is 0 Å². The number of carboxylic acid groups (broad SMARTS) is 1. The van der Waals surface area contributed by atoms with Crippen molar-refractivity contribution in [1.29, 1.82) is 0 Å². The van der Waals surface area contributed by atoms with E-state index in [9.17, 15) is 9.59 Å². The van der Waals surface area contributed by atoms with Crippen LogP contribution in [0.3, 0.4) is 0 Å². The number of carboxylic acids is 1. The Labute approximate surface area is 107 Å². The Morgan fingerprint density at radius 1 is 1.33 bits per heavy atom. The summed E-state index contributed by atoms with van der Waals surface area (Å²) in [6.07, 6.45) is 3.59. The summed E-state index contributed by atoms with van der Waals surface area (Å²) in [4.78, 5) is 22.6. The van der Waals surface area contributed by atoms with Crippen LogP contribution in [0.5, 0.6) is 0 Å². The first-order chi connectivity index (χ1) is 8.40. The summed E-state index contributed by atoms with van der Waals surface area (Å²) in [6.45, 7) is 4.71. The van der Waals surface area contributed by atoms with Gasteiger partial charge in [-0.3, -0.25) is 4.79 Å². The van der Waals surface area contributed by atoms with Crippen LogP contribution in [0.1, 0.15) is 39.5 Å². The van der Waals surface area contributed by atoms with Gasteiger partial charge in [0, 0.05) is 12.6 Å². The molecule has 3 atom stereocenters. The lowest BCUT2D eigenvalue weighted by molar-refractivity contribution is -0.142. The number of aliphatic carboxylic acids is 1. The SMILES string of the molecule is CC1(C)CC1NC(=O)NCC1CCCC1C(=O)O. The van der Waals surface area contributed by atoms with Crippen LogP contribution < -0.4 is 10.6 Å². The van der Waals surface area contributed by atoms with E-state index in [0.29, 0.717) is 6.54 Å². The minimum absolute atomic E-state index is 0.0838. The molecule has 2 rings (SSSR count). The van der Waals surface area contributed by atoms with Gasteiger partial charge >= 0.3 is 12.0 Å². The van der Waals surface area contributed by atoms with Crippen molar-refractivity contribution in [2.45, 2.75) is 45.6 Å². The monoisotopic (exact) mass is 254 g/mol. The Hall–Kier alpha value is -1.26. The molecule has 0 aliphatic heterocycles. The molecule has 0 aromatic rings. The summed E-state index contributed by atoms with van der Waals surface area (Å²) in [6, 6.07) is 0.0953. The molecule has 0 aromatic heterocycles. The first-order valence-corrected chi connectivity index (χ1v) is 6.67. The molecule has 0 heterocycles.